The molecule has 0 saturated carbocycles. The predicted octanol–water partition coefficient (Wildman–Crippen LogP) is 3.11. The number of fused-ring (bicyclic) bond motifs is 1. The maximum absolute atomic E-state index is 12.0. The number of carbonyl (C=O) groups is 1. The molecule has 0 radical (unpaired) electrons. The lowest BCUT2D eigenvalue weighted by Crippen LogP contribution is -2.40. The van der Waals surface area contributed by atoms with E-state index in [0.717, 1.165) is 28.8 Å². The van der Waals surface area contributed by atoms with Crippen LogP contribution in [0.2, 0.25) is 0 Å². The van der Waals surface area contributed by atoms with Crippen molar-refractivity contribution in [3.8, 4) is 0 Å². The predicted molar refractivity (Wildman–Crippen MR) is 96.9 cm³/mol. The Morgan fingerprint density at radius 2 is 2.17 bits per heavy atom. The minimum atomic E-state index is -0.851. The highest BCUT2D eigenvalue weighted by Gasteiger charge is 2.21. The molecule has 0 spiro atoms. The van der Waals surface area contributed by atoms with E-state index in [2.05, 4.69) is 29.1 Å². The molecule has 0 fully saturated rings. The first-order valence-corrected chi connectivity index (χ1v) is 8.70. The van der Waals surface area contributed by atoms with Gasteiger partial charge < -0.3 is 15.4 Å². The zero-order valence-corrected chi connectivity index (χ0v) is 15.1. The van der Waals surface area contributed by atoms with Crippen molar-refractivity contribution in [2.75, 3.05) is 6.54 Å². The number of hydrogen-bond acceptors (Lipinski definition) is 3. The van der Waals surface area contributed by atoms with Gasteiger partial charge in [0.2, 0.25) is 5.91 Å². The standard InChI is InChI=1S/C19H29N3O2/c1-13(2)10-11-19(4,24)12-20-17(23)9-8-16-21-15-7-5-6-14(3)18(15)22-16/h5-7,13,24H,8-12H2,1-4H3,(H,20,23)(H,21,22). The van der Waals surface area contributed by atoms with Crippen molar-refractivity contribution in [3.05, 3.63) is 29.6 Å². The number of aliphatic hydroxyl groups is 1. The summed E-state index contributed by atoms with van der Waals surface area (Å²) in [6.07, 6.45) is 2.56. The van der Waals surface area contributed by atoms with Gasteiger partial charge in [0.15, 0.2) is 0 Å². The first-order valence-electron chi connectivity index (χ1n) is 8.70. The van der Waals surface area contributed by atoms with Gasteiger partial charge in [-0.3, -0.25) is 4.79 Å². The van der Waals surface area contributed by atoms with E-state index in [-0.39, 0.29) is 12.5 Å². The topological polar surface area (TPSA) is 78.0 Å². The van der Waals surface area contributed by atoms with Gasteiger partial charge in [0.25, 0.3) is 0 Å². The van der Waals surface area contributed by atoms with Crippen LogP contribution in [0.1, 0.15) is 51.4 Å². The van der Waals surface area contributed by atoms with Crippen LogP contribution < -0.4 is 5.32 Å². The molecular formula is C19H29N3O2. The second-order valence-electron chi connectivity index (χ2n) is 7.36. The molecule has 1 unspecified atom stereocenters. The van der Waals surface area contributed by atoms with Gasteiger partial charge in [0.1, 0.15) is 5.82 Å². The molecule has 5 heteroatoms. The quantitative estimate of drug-likeness (QED) is 0.695. The molecule has 1 amide bonds. The minimum Gasteiger partial charge on any atom is -0.388 e. The number of nitrogens with one attached hydrogen (secondary N) is 2. The number of carbonyl (C=O) groups excluding carboxylic acids is 1. The largest absolute Gasteiger partial charge is 0.388 e. The molecule has 2 rings (SSSR count). The monoisotopic (exact) mass is 331 g/mol. The van der Waals surface area contributed by atoms with Crippen molar-refractivity contribution in [3.63, 3.8) is 0 Å². The van der Waals surface area contributed by atoms with Crippen LogP contribution in [-0.2, 0) is 11.2 Å². The maximum Gasteiger partial charge on any atom is 0.220 e. The Morgan fingerprint density at radius 3 is 2.83 bits per heavy atom. The third-order valence-corrected chi connectivity index (χ3v) is 4.28. The fourth-order valence-corrected chi connectivity index (χ4v) is 2.64. The average molecular weight is 331 g/mol. The highest BCUT2D eigenvalue weighted by Crippen LogP contribution is 2.17. The Kier molecular flexibility index (Phi) is 5.99. The molecule has 0 bridgehead atoms. The van der Waals surface area contributed by atoms with Crippen molar-refractivity contribution in [1.82, 2.24) is 15.3 Å². The van der Waals surface area contributed by atoms with E-state index >= 15 is 0 Å². The van der Waals surface area contributed by atoms with Crippen molar-refractivity contribution in [1.29, 1.82) is 0 Å². The Bertz CT molecular complexity index is 689. The van der Waals surface area contributed by atoms with Crippen LogP contribution in [0, 0.1) is 12.8 Å². The normalized spacial score (nSPS) is 14.1. The van der Waals surface area contributed by atoms with Gasteiger partial charge in [-0.05, 0) is 44.2 Å². The lowest BCUT2D eigenvalue weighted by Gasteiger charge is -2.24. The van der Waals surface area contributed by atoms with Crippen molar-refractivity contribution in [2.24, 2.45) is 5.92 Å². The summed E-state index contributed by atoms with van der Waals surface area (Å²) in [6.45, 7) is 8.35. The van der Waals surface area contributed by atoms with E-state index in [4.69, 9.17) is 0 Å². The fraction of sp³-hybridized carbons (Fsp3) is 0.579. The summed E-state index contributed by atoms with van der Waals surface area (Å²) >= 11 is 0. The van der Waals surface area contributed by atoms with Crippen LogP contribution in [0.4, 0.5) is 0 Å². The third kappa shape index (κ3) is 5.34. The number of imidazole rings is 1. The van der Waals surface area contributed by atoms with Crippen LogP contribution in [0.3, 0.4) is 0 Å². The van der Waals surface area contributed by atoms with E-state index in [1.165, 1.54) is 0 Å². The first-order chi connectivity index (χ1) is 11.3. The second-order valence-corrected chi connectivity index (χ2v) is 7.36. The van der Waals surface area contributed by atoms with Crippen molar-refractivity contribution >= 4 is 16.9 Å². The molecule has 132 valence electrons. The van der Waals surface area contributed by atoms with Gasteiger partial charge in [-0.2, -0.15) is 0 Å². The van der Waals surface area contributed by atoms with Crippen molar-refractivity contribution < 1.29 is 9.90 Å². The van der Waals surface area contributed by atoms with Crippen molar-refractivity contribution in [2.45, 2.75) is 59.0 Å². The van der Waals surface area contributed by atoms with E-state index in [1.807, 2.05) is 25.1 Å². The molecule has 1 atom stereocenters. The Hall–Kier alpha value is -1.88. The van der Waals surface area contributed by atoms with E-state index in [1.54, 1.807) is 6.92 Å². The average Bonchev–Trinajstić information content (AvgIpc) is 2.94. The van der Waals surface area contributed by atoms with Gasteiger partial charge in [-0.15, -0.1) is 0 Å². The smallest absolute Gasteiger partial charge is 0.220 e. The van der Waals surface area contributed by atoms with E-state index < -0.39 is 5.60 Å². The fourth-order valence-electron chi connectivity index (χ4n) is 2.64. The Morgan fingerprint density at radius 1 is 1.42 bits per heavy atom. The molecule has 0 aliphatic rings. The molecule has 0 aliphatic carbocycles. The Balaban J connectivity index is 1.81. The van der Waals surface area contributed by atoms with E-state index in [0.29, 0.717) is 25.2 Å². The van der Waals surface area contributed by atoms with Gasteiger partial charge in [0, 0.05) is 19.4 Å². The molecular weight excluding hydrogens is 302 g/mol. The summed E-state index contributed by atoms with van der Waals surface area (Å²) in [5.41, 5.74) is 2.24. The number of amides is 1. The number of rotatable bonds is 8. The maximum atomic E-state index is 12.0. The number of aromatic nitrogens is 2. The molecule has 1 heterocycles. The van der Waals surface area contributed by atoms with Crippen LogP contribution in [0.25, 0.3) is 11.0 Å². The van der Waals surface area contributed by atoms with Crippen LogP contribution in [0.5, 0.6) is 0 Å². The summed E-state index contributed by atoms with van der Waals surface area (Å²) in [4.78, 5) is 19.8. The first kappa shape index (κ1) is 18.5. The molecule has 24 heavy (non-hydrogen) atoms. The van der Waals surface area contributed by atoms with Gasteiger partial charge >= 0.3 is 0 Å². The number of aryl methyl sites for hydroxylation is 2. The second kappa shape index (κ2) is 7.79. The van der Waals surface area contributed by atoms with Gasteiger partial charge in [-0.1, -0.05) is 26.0 Å². The molecule has 1 aromatic heterocycles. The number of benzene rings is 1. The van der Waals surface area contributed by atoms with Crippen LogP contribution in [0.15, 0.2) is 18.2 Å². The van der Waals surface area contributed by atoms with Crippen LogP contribution >= 0.6 is 0 Å². The summed E-state index contributed by atoms with van der Waals surface area (Å²) in [6, 6.07) is 6.01. The molecule has 2 aromatic rings. The minimum absolute atomic E-state index is 0.0583. The number of H-pyrrole nitrogens is 1. The van der Waals surface area contributed by atoms with Gasteiger partial charge in [-0.25, -0.2) is 4.98 Å². The van der Waals surface area contributed by atoms with Crippen LogP contribution in [-0.4, -0.2) is 33.1 Å². The Labute approximate surface area is 143 Å². The lowest BCUT2D eigenvalue weighted by molar-refractivity contribution is -0.122. The summed E-state index contributed by atoms with van der Waals surface area (Å²) < 4.78 is 0. The van der Waals surface area contributed by atoms with Gasteiger partial charge in [0.05, 0.1) is 16.6 Å². The van der Waals surface area contributed by atoms with E-state index in [9.17, 15) is 9.90 Å². The number of hydrogen-bond donors (Lipinski definition) is 3. The molecule has 1 aromatic carbocycles. The zero-order valence-electron chi connectivity index (χ0n) is 15.1. The highest BCUT2D eigenvalue weighted by atomic mass is 16.3. The highest BCUT2D eigenvalue weighted by molar-refractivity contribution is 5.79. The summed E-state index contributed by atoms with van der Waals surface area (Å²) in [5.74, 6) is 1.31. The lowest BCUT2D eigenvalue weighted by atomic mass is 9.95. The number of nitrogens with zero attached hydrogens (tertiary/aromatic N) is 1. The number of para-hydroxylation sites is 1. The zero-order chi connectivity index (χ0) is 17.7. The molecule has 3 N–H and O–H groups in total. The third-order valence-electron chi connectivity index (χ3n) is 4.28. The summed E-state index contributed by atoms with van der Waals surface area (Å²) in [5, 5.41) is 13.1. The molecule has 0 aliphatic heterocycles. The summed E-state index contributed by atoms with van der Waals surface area (Å²) in [7, 11) is 0. The SMILES string of the molecule is Cc1cccc2[nH]c(CCC(=O)NCC(C)(O)CCC(C)C)nc12. The molecule has 5 nitrogen and oxygen atoms in total. The number of aromatic amines is 1. The molecule has 0 saturated heterocycles.